The summed E-state index contributed by atoms with van der Waals surface area (Å²) in [4.78, 5) is 0. The largest absolute Gasteiger partial charge is 0.487 e. The second-order valence-corrected chi connectivity index (χ2v) is 4.18. The van der Waals surface area contributed by atoms with Gasteiger partial charge in [-0.3, -0.25) is 0 Å². The lowest BCUT2D eigenvalue weighted by atomic mass is 10.1. The number of nitrogens with zero attached hydrogens (tertiary/aromatic N) is 1. The average molecular weight is 280 g/mol. The number of hydrogen-bond acceptors (Lipinski definition) is 3. The fourth-order valence-electron chi connectivity index (χ4n) is 1.80. The Morgan fingerprint density at radius 2 is 1.95 bits per heavy atom. The minimum absolute atomic E-state index is 0.0944. The molecule has 0 fully saturated rings. The molecule has 0 heterocycles. The van der Waals surface area contributed by atoms with Crippen molar-refractivity contribution >= 4 is 0 Å². The maximum atomic E-state index is 13.5. The highest BCUT2D eigenvalue weighted by atomic mass is 19.1. The Balaban J connectivity index is 2.22. The first-order chi connectivity index (χ1) is 10.3. The van der Waals surface area contributed by atoms with E-state index in [1.807, 2.05) is 24.3 Å². The summed E-state index contributed by atoms with van der Waals surface area (Å²) in [5.74, 6) is 5.37. The standard InChI is InChI=1S/C17H13FN2O/c18-16-8-3-9-17(15(16)11-20)21-12-14-6-2-1-5-13(14)7-4-10-19/h1-3,5-6,8-9H,10,12,19H2. The van der Waals surface area contributed by atoms with Gasteiger partial charge >= 0.3 is 0 Å². The van der Waals surface area contributed by atoms with E-state index in [1.165, 1.54) is 12.1 Å². The molecule has 0 saturated heterocycles. The third-order valence-corrected chi connectivity index (χ3v) is 2.81. The van der Waals surface area contributed by atoms with Crippen molar-refractivity contribution in [3.05, 3.63) is 65.0 Å². The lowest BCUT2D eigenvalue weighted by Gasteiger charge is -2.09. The summed E-state index contributed by atoms with van der Waals surface area (Å²) in [7, 11) is 0. The summed E-state index contributed by atoms with van der Waals surface area (Å²) >= 11 is 0. The molecule has 0 aromatic heterocycles. The lowest BCUT2D eigenvalue weighted by molar-refractivity contribution is 0.303. The molecule has 0 aliphatic heterocycles. The molecule has 0 atom stereocenters. The van der Waals surface area contributed by atoms with Crippen LogP contribution in [-0.4, -0.2) is 6.54 Å². The molecule has 0 aliphatic rings. The van der Waals surface area contributed by atoms with Crippen LogP contribution < -0.4 is 10.5 Å². The van der Waals surface area contributed by atoms with Crippen molar-refractivity contribution < 1.29 is 9.13 Å². The molecule has 21 heavy (non-hydrogen) atoms. The molecule has 0 radical (unpaired) electrons. The van der Waals surface area contributed by atoms with Crippen LogP contribution in [-0.2, 0) is 6.61 Å². The van der Waals surface area contributed by atoms with Gasteiger partial charge in [-0.05, 0) is 18.2 Å². The Bertz CT molecular complexity index is 738. The van der Waals surface area contributed by atoms with Crippen LogP contribution in [0.25, 0.3) is 0 Å². The first kappa shape index (κ1) is 14.6. The smallest absolute Gasteiger partial charge is 0.144 e. The SMILES string of the molecule is N#Cc1c(F)cccc1OCc1ccccc1C#CCN. The second kappa shape index (κ2) is 7.09. The van der Waals surface area contributed by atoms with Crippen molar-refractivity contribution in [1.82, 2.24) is 0 Å². The maximum absolute atomic E-state index is 13.5. The summed E-state index contributed by atoms with van der Waals surface area (Å²) in [6.45, 7) is 0.477. The molecular weight excluding hydrogens is 267 g/mol. The van der Waals surface area contributed by atoms with E-state index in [1.54, 1.807) is 12.1 Å². The minimum Gasteiger partial charge on any atom is -0.487 e. The number of ether oxygens (including phenoxy) is 1. The molecule has 104 valence electrons. The molecule has 0 unspecified atom stereocenters. The molecule has 0 aliphatic carbocycles. The zero-order valence-electron chi connectivity index (χ0n) is 11.3. The van der Waals surface area contributed by atoms with E-state index in [2.05, 4.69) is 11.8 Å². The van der Waals surface area contributed by atoms with Gasteiger partial charge in [-0.15, -0.1) is 0 Å². The monoisotopic (exact) mass is 280 g/mol. The van der Waals surface area contributed by atoms with Crippen LogP contribution in [0.4, 0.5) is 4.39 Å². The maximum Gasteiger partial charge on any atom is 0.144 e. The Hall–Kier alpha value is -2.82. The molecule has 3 nitrogen and oxygen atoms in total. The van der Waals surface area contributed by atoms with Crippen LogP contribution in [0.5, 0.6) is 5.75 Å². The van der Waals surface area contributed by atoms with E-state index < -0.39 is 5.82 Å². The van der Waals surface area contributed by atoms with Gasteiger partial charge in [-0.25, -0.2) is 4.39 Å². The van der Waals surface area contributed by atoms with E-state index in [-0.39, 0.29) is 24.5 Å². The quantitative estimate of drug-likeness (QED) is 0.879. The number of hydrogen-bond donors (Lipinski definition) is 1. The van der Waals surface area contributed by atoms with Gasteiger partial charge in [-0.1, -0.05) is 36.1 Å². The number of rotatable bonds is 3. The van der Waals surface area contributed by atoms with Crippen molar-refractivity contribution in [1.29, 1.82) is 5.26 Å². The molecule has 0 amide bonds. The number of nitrogens with two attached hydrogens (primary N) is 1. The molecule has 2 N–H and O–H groups in total. The number of benzene rings is 2. The van der Waals surface area contributed by atoms with Crippen LogP contribution in [0, 0.1) is 29.0 Å². The highest BCUT2D eigenvalue weighted by Gasteiger charge is 2.09. The van der Waals surface area contributed by atoms with Gasteiger partial charge in [0.05, 0.1) is 6.54 Å². The predicted octanol–water partition coefficient (Wildman–Crippen LogP) is 2.59. The molecule has 4 heteroatoms. The fraction of sp³-hybridized carbons (Fsp3) is 0.118. The van der Waals surface area contributed by atoms with E-state index in [9.17, 15) is 4.39 Å². The van der Waals surface area contributed by atoms with Gasteiger partial charge in [0.15, 0.2) is 0 Å². The van der Waals surface area contributed by atoms with Gasteiger partial charge in [0.2, 0.25) is 0 Å². The summed E-state index contributed by atoms with van der Waals surface area (Å²) in [6, 6.07) is 13.6. The van der Waals surface area contributed by atoms with Crippen molar-refractivity contribution in [3.63, 3.8) is 0 Å². The van der Waals surface area contributed by atoms with Crippen LogP contribution in [0.2, 0.25) is 0 Å². The zero-order chi connectivity index (χ0) is 15.1. The van der Waals surface area contributed by atoms with E-state index in [0.29, 0.717) is 0 Å². The molecule has 0 spiro atoms. The summed E-state index contributed by atoms with van der Waals surface area (Å²) < 4.78 is 19.0. The predicted molar refractivity (Wildman–Crippen MR) is 77.8 cm³/mol. The zero-order valence-corrected chi connectivity index (χ0v) is 11.3. The van der Waals surface area contributed by atoms with E-state index in [0.717, 1.165) is 11.1 Å². The van der Waals surface area contributed by atoms with Gasteiger partial charge in [0.25, 0.3) is 0 Å². The van der Waals surface area contributed by atoms with Crippen LogP contribution in [0.3, 0.4) is 0 Å². The minimum atomic E-state index is -0.591. The molecule has 0 saturated carbocycles. The molecule has 2 aromatic carbocycles. The normalized spacial score (nSPS) is 9.38. The summed E-state index contributed by atoms with van der Waals surface area (Å²) in [5.41, 5.74) is 6.93. The Labute approximate surface area is 122 Å². The van der Waals surface area contributed by atoms with E-state index >= 15 is 0 Å². The molecule has 0 bridgehead atoms. The first-order valence-electron chi connectivity index (χ1n) is 6.34. The molecular formula is C17H13FN2O. The van der Waals surface area contributed by atoms with Crippen molar-refractivity contribution in [3.8, 4) is 23.7 Å². The lowest BCUT2D eigenvalue weighted by Crippen LogP contribution is -2.01. The summed E-state index contributed by atoms with van der Waals surface area (Å²) in [6.07, 6.45) is 0. The van der Waals surface area contributed by atoms with Crippen LogP contribution >= 0.6 is 0 Å². The van der Waals surface area contributed by atoms with Crippen LogP contribution in [0.15, 0.2) is 42.5 Å². The van der Waals surface area contributed by atoms with Crippen molar-refractivity contribution in [2.24, 2.45) is 5.73 Å². The van der Waals surface area contributed by atoms with Crippen LogP contribution in [0.1, 0.15) is 16.7 Å². The topological polar surface area (TPSA) is 59.0 Å². The first-order valence-corrected chi connectivity index (χ1v) is 6.34. The van der Waals surface area contributed by atoms with Gasteiger partial charge in [0.1, 0.15) is 29.8 Å². The number of halogens is 1. The third kappa shape index (κ3) is 3.60. The molecule has 2 rings (SSSR count). The van der Waals surface area contributed by atoms with Gasteiger partial charge in [-0.2, -0.15) is 5.26 Å². The summed E-state index contributed by atoms with van der Waals surface area (Å²) in [5, 5.41) is 8.96. The van der Waals surface area contributed by atoms with Gasteiger partial charge in [0, 0.05) is 11.1 Å². The third-order valence-electron chi connectivity index (χ3n) is 2.81. The van der Waals surface area contributed by atoms with Gasteiger partial charge < -0.3 is 10.5 Å². The fourth-order valence-corrected chi connectivity index (χ4v) is 1.80. The number of nitriles is 1. The highest BCUT2D eigenvalue weighted by Crippen LogP contribution is 2.22. The highest BCUT2D eigenvalue weighted by molar-refractivity contribution is 5.45. The van der Waals surface area contributed by atoms with Crippen molar-refractivity contribution in [2.75, 3.05) is 6.54 Å². The van der Waals surface area contributed by atoms with E-state index in [4.69, 9.17) is 15.7 Å². The Morgan fingerprint density at radius 1 is 1.14 bits per heavy atom. The Kier molecular flexibility index (Phi) is 4.93. The average Bonchev–Trinajstić information content (AvgIpc) is 2.51. The molecule has 2 aromatic rings. The van der Waals surface area contributed by atoms with Crippen molar-refractivity contribution in [2.45, 2.75) is 6.61 Å². The second-order valence-electron chi connectivity index (χ2n) is 4.18. The Morgan fingerprint density at radius 3 is 2.71 bits per heavy atom.